The molecule has 1 heterocycles. The average molecular weight is 262 g/mol. The van der Waals surface area contributed by atoms with Crippen LogP contribution in [0.4, 0.5) is 5.95 Å². The minimum Gasteiger partial charge on any atom is -0.332 e. The highest BCUT2D eigenvalue weighted by Gasteiger charge is 2.70. The Morgan fingerprint density at radius 2 is 1.72 bits per heavy atom. The molecular weight excluding hydrogens is 256 g/mol. The van der Waals surface area contributed by atoms with Gasteiger partial charge in [-0.2, -0.15) is 0 Å². The van der Waals surface area contributed by atoms with E-state index in [4.69, 9.17) is 0 Å². The molecule has 0 aliphatic heterocycles. The molecule has 98 valence electrons. The maximum atomic E-state index is 10.6. The summed E-state index contributed by atoms with van der Waals surface area (Å²) in [5, 5.41) is 43.6. The summed E-state index contributed by atoms with van der Waals surface area (Å²) in [5.41, 5.74) is 0. The smallest absolute Gasteiger partial charge is 0.332 e. The van der Waals surface area contributed by atoms with Crippen molar-refractivity contribution < 1.29 is 14.8 Å². The van der Waals surface area contributed by atoms with Crippen LogP contribution < -0.4 is 5.32 Å². The molecular formula is C4H6N8O6. The highest BCUT2D eigenvalue weighted by Crippen LogP contribution is 2.13. The number of nitrogens with zero attached hydrogens (tertiary/aromatic N) is 7. The standard InChI is InChI=1S/C4H6N8O6/c1-9-3(6-7-8-9)5-2-4(10(13)14,11(15)16)12(17)18/h2H2,1H3,(H,5,6,8). The van der Waals surface area contributed by atoms with E-state index in [1.54, 1.807) is 0 Å². The first-order valence-corrected chi connectivity index (χ1v) is 4.22. The lowest BCUT2D eigenvalue weighted by atomic mass is 10.4. The van der Waals surface area contributed by atoms with Crippen LogP contribution in [0.3, 0.4) is 0 Å². The number of aromatic nitrogens is 4. The van der Waals surface area contributed by atoms with Crippen molar-refractivity contribution in [3.05, 3.63) is 30.3 Å². The van der Waals surface area contributed by atoms with Gasteiger partial charge in [-0.3, -0.25) is 30.3 Å². The van der Waals surface area contributed by atoms with Gasteiger partial charge >= 0.3 is 5.79 Å². The molecule has 1 aromatic heterocycles. The van der Waals surface area contributed by atoms with Gasteiger partial charge in [0, 0.05) is 7.05 Å². The Morgan fingerprint density at radius 3 is 2.06 bits per heavy atom. The van der Waals surface area contributed by atoms with Crippen molar-refractivity contribution in [3.63, 3.8) is 0 Å². The molecule has 0 unspecified atom stereocenters. The number of hydrogen-bond donors (Lipinski definition) is 1. The molecule has 1 rings (SSSR count). The van der Waals surface area contributed by atoms with Crippen molar-refractivity contribution in [2.75, 3.05) is 11.9 Å². The van der Waals surface area contributed by atoms with Crippen molar-refractivity contribution in [1.82, 2.24) is 20.2 Å². The van der Waals surface area contributed by atoms with E-state index in [0.29, 0.717) is 0 Å². The molecule has 0 spiro atoms. The lowest BCUT2D eigenvalue weighted by Crippen LogP contribution is -2.58. The third-order valence-electron chi connectivity index (χ3n) is 1.98. The van der Waals surface area contributed by atoms with Crippen LogP contribution in [-0.2, 0) is 7.05 Å². The summed E-state index contributed by atoms with van der Waals surface area (Å²) in [7, 11) is 1.34. The van der Waals surface area contributed by atoms with E-state index in [-0.39, 0.29) is 5.95 Å². The summed E-state index contributed by atoms with van der Waals surface area (Å²) < 4.78 is 1.00. The summed E-state index contributed by atoms with van der Waals surface area (Å²) in [4.78, 5) is 26.9. The maximum absolute atomic E-state index is 10.6. The Labute approximate surface area is 97.0 Å². The van der Waals surface area contributed by atoms with Crippen molar-refractivity contribution in [3.8, 4) is 0 Å². The molecule has 14 heteroatoms. The van der Waals surface area contributed by atoms with E-state index in [9.17, 15) is 30.3 Å². The summed E-state index contributed by atoms with van der Waals surface area (Å²) in [6.45, 7) is -1.20. The zero-order chi connectivity index (χ0) is 13.9. The van der Waals surface area contributed by atoms with E-state index < -0.39 is 27.1 Å². The molecule has 14 nitrogen and oxygen atoms in total. The quantitative estimate of drug-likeness (QED) is 0.344. The normalized spacial score (nSPS) is 10.9. The van der Waals surface area contributed by atoms with Crippen LogP contribution in [0.5, 0.6) is 0 Å². The average Bonchev–Trinajstić information content (AvgIpc) is 2.63. The molecule has 0 aliphatic rings. The monoisotopic (exact) mass is 262 g/mol. The topological polar surface area (TPSA) is 185 Å². The molecule has 0 bridgehead atoms. The predicted octanol–water partition coefficient (Wildman–Crippen LogP) is -1.89. The number of anilines is 1. The van der Waals surface area contributed by atoms with Crippen molar-refractivity contribution in [1.29, 1.82) is 0 Å². The Bertz CT molecular complexity index is 459. The Hall–Kier alpha value is -2.93. The molecule has 0 saturated heterocycles. The molecule has 1 aromatic rings. The van der Waals surface area contributed by atoms with Crippen molar-refractivity contribution >= 4 is 5.95 Å². The SMILES string of the molecule is Cn1nnnc1NCC([N+](=O)[O-])([N+](=O)[O-])[N+](=O)[O-]. The number of hydrogen-bond acceptors (Lipinski definition) is 10. The van der Waals surface area contributed by atoms with Crippen molar-refractivity contribution in [2.24, 2.45) is 7.05 Å². The lowest BCUT2D eigenvalue weighted by Gasteiger charge is -2.09. The van der Waals surface area contributed by atoms with E-state index >= 15 is 0 Å². The van der Waals surface area contributed by atoms with Gasteiger partial charge in [-0.05, 0) is 10.4 Å². The third kappa shape index (κ3) is 1.97. The number of nitrogens with one attached hydrogen (secondary N) is 1. The molecule has 0 aromatic carbocycles. The van der Waals surface area contributed by atoms with Crippen LogP contribution in [0.1, 0.15) is 0 Å². The number of nitro groups is 3. The third-order valence-corrected chi connectivity index (χ3v) is 1.98. The lowest BCUT2D eigenvalue weighted by molar-refractivity contribution is -0.965. The van der Waals surface area contributed by atoms with E-state index in [2.05, 4.69) is 20.8 Å². The molecule has 0 amide bonds. The fourth-order valence-corrected chi connectivity index (χ4v) is 0.971. The molecule has 0 saturated carbocycles. The molecule has 1 N–H and O–H groups in total. The van der Waals surface area contributed by atoms with Gasteiger partial charge in [-0.1, -0.05) is 5.10 Å². The summed E-state index contributed by atoms with van der Waals surface area (Å²) in [6, 6.07) is 0. The van der Waals surface area contributed by atoms with Crippen LogP contribution in [0.15, 0.2) is 0 Å². The van der Waals surface area contributed by atoms with Crippen LogP contribution in [0.25, 0.3) is 0 Å². The van der Waals surface area contributed by atoms with Gasteiger partial charge < -0.3 is 5.32 Å². The Kier molecular flexibility index (Phi) is 3.30. The Morgan fingerprint density at radius 1 is 1.22 bits per heavy atom. The molecule has 18 heavy (non-hydrogen) atoms. The van der Waals surface area contributed by atoms with Crippen LogP contribution in [0.2, 0.25) is 0 Å². The molecule has 0 radical (unpaired) electrons. The van der Waals surface area contributed by atoms with Gasteiger partial charge in [-0.25, -0.2) is 4.68 Å². The largest absolute Gasteiger partial charge is 0.717 e. The molecule has 0 atom stereocenters. The Balaban J connectivity index is 3.00. The zero-order valence-corrected chi connectivity index (χ0v) is 8.79. The fraction of sp³-hybridized carbons (Fsp3) is 0.750. The highest BCUT2D eigenvalue weighted by atomic mass is 16.7. The maximum Gasteiger partial charge on any atom is 0.717 e. The van der Waals surface area contributed by atoms with Gasteiger partial charge in [0.15, 0.2) is 14.8 Å². The van der Waals surface area contributed by atoms with Gasteiger partial charge in [0.2, 0.25) is 12.5 Å². The van der Waals surface area contributed by atoms with Crippen LogP contribution >= 0.6 is 0 Å². The fourth-order valence-electron chi connectivity index (χ4n) is 0.971. The van der Waals surface area contributed by atoms with Gasteiger partial charge in [0.25, 0.3) is 0 Å². The second-order valence-corrected chi connectivity index (χ2v) is 3.03. The minimum atomic E-state index is -3.59. The predicted molar refractivity (Wildman–Crippen MR) is 51.0 cm³/mol. The first kappa shape index (κ1) is 13.1. The summed E-state index contributed by atoms with van der Waals surface area (Å²) in [6.07, 6.45) is 0. The molecule has 0 aliphatic carbocycles. The summed E-state index contributed by atoms with van der Waals surface area (Å²) in [5.74, 6) is -3.77. The van der Waals surface area contributed by atoms with Gasteiger partial charge in [-0.15, -0.1) is 0 Å². The second kappa shape index (κ2) is 4.52. The van der Waals surface area contributed by atoms with E-state index in [1.165, 1.54) is 7.05 Å². The zero-order valence-electron chi connectivity index (χ0n) is 8.79. The van der Waals surface area contributed by atoms with Crippen LogP contribution in [0, 0.1) is 30.3 Å². The van der Waals surface area contributed by atoms with Crippen LogP contribution in [-0.4, -0.2) is 47.3 Å². The molecule has 0 fully saturated rings. The number of tetrazole rings is 1. The first-order chi connectivity index (χ1) is 8.32. The highest BCUT2D eigenvalue weighted by molar-refractivity contribution is 5.20. The minimum absolute atomic E-state index is 0.176. The van der Waals surface area contributed by atoms with Crippen molar-refractivity contribution in [2.45, 2.75) is 5.79 Å². The number of aryl methyl sites for hydroxylation is 1. The van der Waals surface area contributed by atoms with Gasteiger partial charge in [0.05, 0.1) is 0 Å². The van der Waals surface area contributed by atoms with Gasteiger partial charge in [0.1, 0.15) is 0 Å². The first-order valence-electron chi connectivity index (χ1n) is 4.22. The summed E-state index contributed by atoms with van der Waals surface area (Å²) >= 11 is 0. The second-order valence-electron chi connectivity index (χ2n) is 3.03. The van der Waals surface area contributed by atoms with E-state index in [1.807, 2.05) is 0 Å². The van der Waals surface area contributed by atoms with E-state index in [0.717, 1.165) is 4.68 Å². The number of rotatable bonds is 6.